The lowest BCUT2D eigenvalue weighted by atomic mass is 10.2. The number of hydrogen-bond acceptors (Lipinski definition) is 5. The van der Waals surface area contributed by atoms with Gasteiger partial charge < -0.3 is 10.7 Å². The number of anilines is 3. The van der Waals surface area contributed by atoms with Crippen molar-refractivity contribution in [1.29, 1.82) is 0 Å². The molecule has 0 radical (unpaired) electrons. The number of nitrogens with one attached hydrogen (secondary N) is 2. The number of benzene rings is 2. The highest BCUT2D eigenvalue weighted by molar-refractivity contribution is 9.10. The van der Waals surface area contributed by atoms with Gasteiger partial charge >= 0.3 is 5.69 Å². The number of nitrogens with two attached hydrogens (primary N) is 1. The average molecular weight is 341 g/mol. The van der Waals surface area contributed by atoms with Gasteiger partial charge in [0.15, 0.2) is 0 Å². The van der Waals surface area contributed by atoms with Gasteiger partial charge in [-0.25, -0.2) is 4.39 Å². The number of halogens is 2. The van der Waals surface area contributed by atoms with Crippen LogP contribution in [0.1, 0.15) is 0 Å². The number of rotatable bonds is 4. The van der Waals surface area contributed by atoms with Crippen LogP contribution in [-0.2, 0) is 0 Å². The van der Waals surface area contributed by atoms with E-state index in [4.69, 9.17) is 5.84 Å². The number of nitrogen functional groups attached to an aromatic ring is 1. The van der Waals surface area contributed by atoms with E-state index in [1.165, 1.54) is 24.3 Å². The average Bonchev–Trinajstić information content (AvgIpc) is 2.42. The fraction of sp³-hybridized carbons (Fsp3) is 0. The van der Waals surface area contributed by atoms with Crippen molar-refractivity contribution >= 4 is 38.7 Å². The highest BCUT2D eigenvalue weighted by atomic mass is 79.9. The summed E-state index contributed by atoms with van der Waals surface area (Å²) < 4.78 is 14.2. The van der Waals surface area contributed by atoms with Gasteiger partial charge in [0.25, 0.3) is 0 Å². The van der Waals surface area contributed by atoms with Crippen molar-refractivity contribution in [2.24, 2.45) is 5.84 Å². The van der Waals surface area contributed by atoms with Crippen LogP contribution in [0.3, 0.4) is 0 Å². The van der Waals surface area contributed by atoms with Gasteiger partial charge in [-0.1, -0.05) is 12.1 Å². The standard InChI is InChI=1S/C12H10BrFN4O2/c13-7-3-1-4-8(14)11(7)16-9-5-2-6-10(17-15)12(9)18(19)20/h1-6,16-17H,15H2. The normalized spacial score (nSPS) is 10.2. The number of hydrazine groups is 1. The lowest BCUT2D eigenvalue weighted by Gasteiger charge is -2.11. The van der Waals surface area contributed by atoms with Crippen LogP contribution in [0, 0.1) is 15.9 Å². The van der Waals surface area contributed by atoms with E-state index >= 15 is 0 Å². The van der Waals surface area contributed by atoms with Crippen LogP contribution in [0.4, 0.5) is 27.1 Å². The lowest BCUT2D eigenvalue weighted by molar-refractivity contribution is -0.383. The summed E-state index contributed by atoms with van der Waals surface area (Å²) >= 11 is 3.19. The number of para-hydroxylation sites is 2. The third-order valence-corrected chi connectivity index (χ3v) is 3.26. The summed E-state index contributed by atoms with van der Waals surface area (Å²) in [5.41, 5.74) is 2.37. The number of hydrogen-bond donors (Lipinski definition) is 3. The zero-order chi connectivity index (χ0) is 14.7. The van der Waals surface area contributed by atoms with E-state index in [9.17, 15) is 14.5 Å². The maximum Gasteiger partial charge on any atom is 0.316 e. The first-order chi connectivity index (χ1) is 9.54. The maximum atomic E-state index is 13.7. The highest BCUT2D eigenvalue weighted by Gasteiger charge is 2.20. The molecule has 2 rings (SSSR count). The Labute approximate surface area is 122 Å². The lowest BCUT2D eigenvalue weighted by Crippen LogP contribution is -2.10. The Balaban J connectivity index is 2.51. The zero-order valence-electron chi connectivity index (χ0n) is 10.1. The van der Waals surface area contributed by atoms with Gasteiger partial charge in [-0.2, -0.15) is 0 Å². The second-order valence-electron chi connectivity index (χ2n) is 3.82. The molecule has 8 heteroatoms. The first-order valence-electron chi connectivity index (χ1n) is 5.49. The van der Waals surface area contributed by atoms with Crippen molar-refractivity contribution in [2.45, 2.75) is 0 Å². The summed E-state index contributed by atoms with van der Waals surface area (Å²) in [6.45, 7) is 0. The minimum absolute atomic E-state index is 0.116. The number of nitrogens with zero attached hydrogens (tertiary/aromatic N) is 1. The molecule has 0 spiro atoms. The predicted molar refractivity (Wildman–Crippen MR) is 78.3 cm³/mol. The Morgan fingerprint density at radius 3 is 2.45 bits per heavy atom. The molecular weight excluding hydrogens is 331 g/mol. The second-order valence-corrected chi connectivity index (χ2v) is 4.68. The van der Waals surface area contributed by atoms with Crippen molar-refractivity contribution in [1.82, 2.24) is 0 Å². The molecule has 0 saturated carbocycles. The molecule has 0 aliphatic heterocycles. The molecule has 20 heavy (non-hydrogen) atoms. The molecule has 0 aliphatic carbocycles. The summed E-state index contributed by atoms with van der Waals surface area (Å²) in [7, 11) is 0. The molecule has 0 saturated heterocycles. The quantitative estimate of drug-likeness (QED) is 0.449. The van der Waals surface area contributed by atoms with E-state index in [2.05, 4.69) is 26.7 Å². The molecule has 0 fully saturated rings. The van der Waals surface area contributed by atoms with Crippen LogP contribution in [0.25, 0.3) is 0 Å². The zero-order valence-corrected chi connectivity index (χ0v) is 11.6. The minimum Gasteiger partial charge on any atom is -0.347 e. The number of nitro groups is 1. The molecular formula is C12H10BrFN4O2. The summed E-state index contributed by atoms with van der Waals surface area (Å²) in [6.07, 6.45) is 0. The van der Waals surface area contributed by atoms with Gasteiger partial charge in [-0.3, -0.25) is 16.0 Å². The Morgan fingerprint density at radius 1 is 1.20 bits per heavy atom. The Morgan fingerprint density at radius 2 is 1.85 bits per heavy atom. The van der Waals surface area contributed by atoms with Crippen LogP contribution >= 0.6 is 15.9 Å². The first-order valence-corrected chi connectivity index (χ1v) is 6.29. The van der Waals surface area contributed by atoms with E-state index < -0.39 is 10.7 Å². The molecule has 104 valence electrons. The highest BCUT2D eigenvalue weighted by Crippen LogP contribution is 2.36. The van der Waals surface area contributed by atoms with Crippen LogP contribution < -0.4 is 16.6 Å². The summed E-state index contributed by atoms with van der Waals surface area (Å²) in [6, 6.07) is 8.90. The van der Waals surface area contributed by atoms with Gasteiger partial charge in [-0.05, 0) is 40.2 Å². The molecule has 2 aromatic carbocycles. The van der Waals surface area contributed by atoms with Crippen LogP contribution in [-0.4, -0.2) is 4.92 Å². The molecule has 4 N–H and O–H groups in total. The van der Waals surface area contributed by atoms with Gasteiger partial charge in [0.1, 0.15) is 17.2 Å². The van der Waals surface area contributed by atoms with Crippen LogP contribution in [0.15, 0.2) is 40.9 Å². The van der Waals surface area contributed by atoms with E-state index in [-0.39, 0.29) is 22.7 Å². The summed E-state index contributed by atoms with van der Waals surface area (Å²) in [5.74, 6) is 4.72. The molecule has 0 amide bonds. The van der Waals surface area contributed by atoms with Crippen molar-refractivity contribution in [2.75, 3.05) is 10.7 Å². The Kier molecular flexibility index (Phi) is 4.16. The molecule has 0 aromatic heterocycles. The molecule has 0 heterocycles. The van der Waals surface area contributed by atoms with Crippen molar-refractivity contribution in [3.05, 3.63) is 56.8 Å². The van der Waals surface area contributed by atoms with Gasteiger partial charge in [0.2, 0.25) is 0 Å². The topological polar surface area (TPSA) is 93.2 Å². The number of nitro benzene ring substituents is 1. The van der Waals surface area contributed by atoms with Gasteiger partial charge in [0.05, 0.1) is 10.6 Å². The molecule has 0 aliphatic rings. The van der Waals surface area contributed by atoms with Crippen LogP contribution in [0.5, 0.6) is 0 Å². The summed E-state index contributed by atoms with van der Waals surface area (Å²) in [5, 5.41) is 13.8. The fourth-order valence-corrected chi connectivity index (χ4v) is 2.15. The molecule has 6 nitrogen and oxygen atoms in total. The third-order valence-electron chi connectivity index (χ3n) is 2.60. The molecule has 0 unspecified atom stereocenters. The smallest absolute Gasteiger partial charge is 0.316 e. The van der Waals surface area contributed by atoms with E-state index in [0.717, 1.165) is 0 Å². The van der Waals surface area contributed by atoms with Crippen LogP contribution in [0.2, 0.25) is 0 Å². The van der Waals surface area contributed by atoms with Gasteiger partial charge in [0, 0.05) is 4.47 Å². The first kappa shape index (κ1) is 14.2. The largest absolute Gasteiger partial charge is 0.347 e. The van der Waals surface area contributed by atoms with E-state index in [1.54, 1.807) is 12.1 Å². The molecule has 2 aromatic rings. The van der Waals surface area contributed by atoms with Crippen molar-refractivity contribution in [3.8, 4) is 0 Å². The van der Waals surface area contributed by atoms with E-state index in [1.807, 2.05) is 0 Å². The van der Waals surface area contributed by atoms with E-state index in [0.29, 0.717) is 4.47 Å². The molecule has 0 bridgehead atoms. The van der Waals surface area contributed by atoms with Crippen molar-refractivity contribution in [3.63, 3.8) is 0 Å². The third kappa shape index (κ3) is 2.70. The Hall–Kier alpha value is -2.19. The van der Waals surface area contributed by atoms with Crippen molar-refractivity contribution < 1.29 is 9.31 Å². The fourth-order valence-electron chi connectivity index (χ4n) is 1.71. The summed E-state index contributed by atoms with van der Waals surface area (Å²) in [4.78, 5) is 10.5. The monoisotopic (exact) mass is 340 g/mol. The minimum atomic E-state index is -0.591. The molecule has 0 atom stereocenters. The predicted octanol–water partition coefficient (Wildman–Crippen LogP) is 3.53. The maximum absolute atomic E-state index is 13.7. The SMILES string of the molecule is NNc1cccc(Nc2c(F)cccc2Br)c1[N+](=O)[O-]. The Bertz CT molecular complexity index is 646. The van der Waals surface area contributed by atoms with Gasteiger partial charge in [-0.15, -0.1) is 0 Å². The second kappa shape index (κ2) is 5.85.